The number of nitrogens with one attached hydrogen (secondary N) is 1. The predicted octanol–water partition coefficient (Wildman–Crippen LogP) is 1.09. The van der Waals surface area contributed by atoms with Gasteiger partial charge in [-0.05, 0) is 44.8 Å². The molecule has 0 saturated carbocycles. The highest BCUT2D eigenvalue weighted by Gasteiger charge is 2.48. The highest BCUT2D eigenvalue weighted by Crippen LogP contribution is 2.47. The molecule has 0 bridgehead atoms. The van der Waals surface area contributed by atoms with Crippen molar-refractivity contribution in [1.29, 1.82) is 0 Å². The fourth-order valence-electron chi connectivity index (χ4n) is 3.95. The normalized spacial score (nSPS) is 27.2. The van der Waals surface area contributed by atoms with E-state index in [1.54, 1.807) is 0 Å². The first-order valence-corrected chi connectivity index (χ1v) is 7.52. The Balaban J connectivity index is 1.90. The molecule has 1 unspecified atom stereocenters. The summed E-state index contributed by atoms with van der Waals surface area (Å²) in [5.41, 5.74) is 0.415. The Morgan fingerprint density at radius 3 is 2.95 bits per heavy atom. The lowest BCUT2D eigenvalue weighted by molar-refractivity contribution is 0.182. The molecule has 1 N–H and O–H groups in total. The summed E-state index contributed by atoms with van der Waals surface area (Å²) in [7, 11) is 2.24. The summed E-state index contributed by atoms with van der Waals surface area (Å²) in [6.45, 7) is 7.88. The van der Waals surface area contributed by atoms with E-state index in [2.05, 4.69) is 39.0 Å². The topological polar surface area (TPSA) is 46.0 Å². The van der Waals surface area contributed by atoms with Gasteiger partial charge in [-0.1, -0.05) is 6.92 Å². The molecular formula is C14H25N5. The zero-order valence-corrected chi connectivity index (χ0v) is 12.1. The molecular weight excluding hydrogens is 238 g/mol. The summed E-state index contributed by atoms with van der Waals surface area (Å²) < 4.78 is 2.27. The minimum Gasteiger partial charge on any atom is -0.317 e. The van der Waals surface area contributed by atoms with Gasteiger partial charge in [-0.3, -0.25) is 0 Å². The summed E-state index contributed by atoms with van der Waals surface area (Å²) in [6.07, 6.45) is 5.58. The molecule has 1 aromatic heterocycles. The second-order valence-electron chi connectivity index (χ2n) is 6.24. The van der Waals surface area contributed by atoms with Crippen LogP contribution < -0.4 is 5.32 Å². The minimum atomic E-state index is 0.415. The molecule has 5 nitrogen and oxygen atoms in total. The molecule has 2 fully saturated rings. The Bertz CT molecular complexity index is 421. The molecule has 2 aliphatic rings. The molecule has 1 aromatic rings. The van der Waals surface area contributed by atoms with Crippen molar-refractivity contribution in [3.63, 3.8) is 0 Å². The van der Waals surface area contributed by atoms with Crippen molar-refractivity contribution in [2.24, 2.45) is 5.41 Å². The lowest BCUT2D eigenvalue weighted by atomic mass is 9.71. The molecule has 0 amide bonds. The van der Waals surface area contributed by atoms with Gasteiger partial charge in [-0.25, -0.2) is 0 Å². The Morgan fingerprint density at radius 2 is 2.21 bits per heavy atom. The van der Waals surface area contributed by atoms with Gasteiger partial charge in [0, 0.05) is 25.6 Å². The van der Waals surface area contributed by atoms with E-state index in [0.29, 0.717) is 11.3 Å². The van der Waals surface area contributed by atoms with Gasteiger partial charge in [0.25, 0.3) is 0 Å². The van der Waals surface area contributed by atoms with Crippen molar-refractivity contribution in [3.05, 3.63) is 12.2 Å². The largest absolute Gasteiger partial charge is 0.317 e. The molecule has 0 aliphatic carbocycles. The van der Waals surface area contributed by atoms with E-state index in [1.807, 2.05) is 6.33 Å². The van der Waals surface area contributed by atoms with E-state index in [-0.39, 0.29) is 0 Å². The number of hydrogen-bond acceptors (Lipinski definition) is 4. The van der Waals surface area contributed by atoms with E-state index in [9.17, 15) is 0 Å². The third-order valence-corrected chi connectivity index (χ3v) is 4.84. The van der Waals surface area contributed by atoms with Crippen LogP contribution in [0, 0.1) is 5.41 Å². The molecule has 5 heteroatoms. The van der Waals surface area contributed by atoms with E-state index >= 15 is 0 Å². The summed E-state index contributed by atoms with van der Waals surface area (Å²) in [4.78, 5) is 2.47. The molecule has 3 heterocycles. The Labute approximate surface area is 115 Å². The molecule has 0 radical (unpaired) electrons. The van der Waals surface area contributed by atoms with Crippen molar-refractivity contribution in [2.45, 2.75) is 38.6 Å². The van der Waals surface area contributed by atoms with Crippen LogP contribution in [0.25, 0.3) is 0 Å². The van der Waals surface area contributed by atoms with E-state index in [0.717, 1.165) is 32.6 Å². The number of nitrogens with zero attached hydrogens (tertiary/aromatic N) is 4. The van der Waals surface area contributed by atoms with Gasteiger partial charge >= 0.3 is 0 Å². The third-order valence-electron chi connectivity index (χ3n) is 4.84. The summed E-state index contributed by atoms with van der Waals surface area (Å²) in [6, 6.07) is 0. The molecule has 106 valence electrons. The first kappa shape index (κ1) is 13.1. The van der Waals surface area contributed by atoms with Gasteiger partial charge in [0.2, 0.25) is 0 Å². The van der Waals surface area contributed by atoms with Crippen LogP contribution in [0.5, 0.6) is 0 Å². The lowest BCUT2D eigenvalue weighted by Gasteiger charge is -2.38. The van der Waals surface area contributed by atoms with Crippen LogP contribution in [-0.4, -0.2) is 52.9 Å². The second-order valence-corrected chi connectivity index (χ2v) is 6.24. The molecule has 3 rings (SSSR count). The maximum atomic E-state index is 4.47. The van der Waals surface area contributed by atoms with Crippen molar-refractivity contribution < 1.29 is 0 Å². The highest BCUT2D eigenvalue weighted by molar-refractivity contribution is 5.12. The van der Waals surface area contributed by atoms with Crippen molar-refractivity contribution >= 4 is 0 Å². The monoisotopic (exact) mass is 263 g/mol. The fraction of sp³-hybridized carbons (Fsp3) is 0.857. The summed E-state index contributed by atoms with van der Waals surface area (Å²) in [5.74, 6) is 1.77. The van der Waals surface area contributed by atoms with Crippen molar-refractivity contribution in [2.75, 3.05) is 33.2 Å². The number of piperidine rings is 1. The van der Waals surface area contributed by atoms with Crippen LogP contribution >= 0.6 is 0 Å². The van der Waals surface area contributed by atoms with Gasteiger partial charge in [-0.15, -0.1) is 10.2 Å². The van der Waals surface area contributed by atoms with E-state index < -0.39 is 0 Å². The molecule has 2 saturated heterocycles. The Hall–Kier alpha value is -0.940. The van der Waals surface area contributed by atoms with Gasteiger partial charge in [0.15, 0.2) is 0 Å². The van der Waals surface area contributed by atoms with Crippen LogP contribution in [0.4, 0.5) is 0 Å². The summed E-state index contributed by atoms with van der Waals surface area (Å²) >= 11 is 0. The maximum absolute atomic E-state index is 4.47. The molecule has 19 heavy (non-hydrogen) atoms. The van der Waals surface area contributed by atoms with E-state index in [1.165, 1.54) is 25.2 Å². The number of aromatic nitrogens is 3. The average molecular weight is 263 g/mol. The fourth-order valence-corrected chi connectivity index (χ4v) is 3.95. The smallest absolute Gasteiger partial charge is 0.137 e. The first-order chi connectivity index (χ1) is 9.25. The van der Waals surface area contributed by atoms with Crippen LogP contribution in [-0.2, 0) is 6.54 Å². The van der Waals surface area contributed by atoms with Gasteiger partial charge in [0.1, 0.15) is 12.2 Å². The predicted molar refractivity (Wildman–Crippen MR) is 75.1 cm³/mol. The number of rotatable bonds is 3. The van der Waals surface area contributed by atoms with Crippen molar-refractivity contribution in [1.82, 2.24) is 25.0 Å². The molecule has 1 atom stereocenters. The van der Waals surface area contributed by atoms with Gasteiger partial charge in [-0.2, -0.15) is 0 Å². The Kier molecular flexibility index (Phi) is 3.58. The zero-order valence-electron chi connectivity index (χ0n) is 12.1. The van der Waals surface area contributed by atoms with Crippen LogP contribution in [0.15, 0.2) is 6.33 Å². The SMILES string of the molecule is CCCn1cnnc1C1CN(C)CC12CCNCC2. The first-order valence-electron chi connectivity index (χ1n) is 7.52. The second kappa shape index (κ2) is 5.21. The number of hydrogen-bond donors (Lipinski definition) is 1. The quantitative estimate of drug-likeness (QED) is 0.886. The van der Waals surface area contributed by atoms with Gasteiger partial charge in [0.05, 0.1) is 0 Å². The molecule has 0 aromatic carbocycles. The molecule has 2 aliphatic heterocycles. The summed E-state index contributed by atoms with van der Waals surface area (Å²) in [5, 5.41) is 12.1. The average Bonchev–Trinajstić information content (AvgIpc) is 2.96. The van der Waals surface area contributed by atoms with Crippen LogP contribution in [0.1, 0.15) is 37.9 Å². The third kappa shape index (κ3) is 2.30. The highest BCUT2D eigenvalue weighted by atomic mass is 15.3. The van der Waals surface area contributed by atoms with Crippen molar-refractivity contribution in [3.8, 4) is 0 Å². The lowest BCUT2D eigenvalue weighted by Crippen LogP contribution is -2.41. The minimum absolute atomic E-state index is 0.415. The van der Waals surface area contributed by atoms with Gasteiger partial charge < -0.3 is 14.8 Å². The van der Waals surface area contributed by atoms with Crippen LogP contribution in [0.2, 0.25) is 0 Å². The number of aryl methyl sites for hydroxylation is 1. The van der Waals surface area contributed by atoms with Crippen LogP contribution in [0.3, 0.4) is 0 Å². The molecule has 1 spiro atoms. The number of likely N-dealkylation sites (N-methyl/N-ethyl adjacent to an activating group) is 1. The standard InChI is InChI=1S/C14H25N5/c1-3-8-19-11-16-17-13(19)12-9-18(2)10-14(12)4-6-15-7-5-14/h11-12,15H,3-10H2,1-2H3. The Morgan fingerprint density at radius 1 is 1.42 bits per heavy atom. The van der Waals surface area contributed by atoms with E-state index in [4.69, 9.17) is 0 Å². The maximum Gasteiger partial charge on any atom is 0.137 e. The number of likely N-dealkylation sites (tertiary alicyclic amines) is 1. The zero-order chi connectivity index (χ0) is 13.3.